The lowest BCUT2D eigenvalue weighted by Crippen LogP contribution is -2.42. The van der Waals surface area contributed by atoms with E-state index in [2.05, 4.69) is 4.98 Å². The molecule has 0 aliphatic heterocycles. The first kappa shape index (κ1) is 20.3. The highest BCUT2D eigenvalue weighted by molar-refractivity contribution is 5.89. The van der Waals surface area contributed by atoms with Gasteiger partial charge in [-0.1, -0.05) is 78.9 Å². The zero-order valence-corrected chi connectivity index (χ0v) is 16.8. The number of aliphatic hydroxyl groups is 1. The number of carbonyl (C=O) groups is 1. The molecule has 0 saturated heterocycles. The van der Waals surface area contributed by atoms with Gasteiger partial charge < -0.3 is 15.6 Å². The summed E-state index contributed by atoms with van der Waals surface area (Å²) in [6.45, 7) is 0. The van der Waals surface area contributed by atoms with Gasteiger partial charge in [0.15, 0.2) is 5.60 Å². The molecule has 3 aromatic carbocycles. The number of para-hydroxylation sites is 1. The Morgan fingerprint density at radius 3 is 2.19 bits per heavy atom. The van der Waals surface area contributed by atoms with Crippen molar-refractivity contribution >= 4 is 5.91 Å². The number of primary amides is 1. The lowest BCUT2D eigenvalue weighted by atomic mass is 9.82. The van der Waals surface area contributed by atoms with Gasteiger partial charge in [0.25, 0.3) is 5.91 Å². The molecular weight excluding hydrogens is 388 g/mol. The lowest BCUT2D eigenvalue weighted by Gasteiger charge is -2.28. The summed E-state index contributed by atoms with van der Waals surface area (Å²) in [4.78, 5) is 17.0. The Hall–Kier alpha value is -3.96. The molecule has 0 saturated carbocycles. The zero-order valence-electron chi connectivity index (χ0n) is 16.8. The number of nitrogens with two attached hydrogens (primary N) is 1. The van der Waals surface area contributed by atoms with Crippen LogP contribution in [0.5, 0.6) is 11.6 Å². The highest BCUT2D eigenvalue weighted by Gasteiger charge is 2.39. The molecule has 4 rings (SSSR count). The molecule has 0 radical (unpaired) electrons. The predicted octanol–water partition coefficient (Wildman–Crippen LogP) is 4.19. The Balaban J connectivity index is 1.68. The highest BCUT2D eigenvalue weighted by Crippen LogP contribution is 2.33. The summed E-state index contributed by atoms with van der Waals surface area (Å²) in [6.07, 6.45) is 0.393. The summed E-state index contributed by atoms with van der Waals surface area (Å²) < 4.78 is 5.83. The minimum Gasteiger partial charge on any atom is -0.439 e. The van der Waals surface area contributed by atoms with Crippen LogP contribution in [0.4, 0.5) is 0 Å². The molecule has 5 nitrogen and oxygen atoms in total. The molecule has 31 heavy (non-hydrogen) atoms. The molecule has 0 aliphatic rings. The van der Waals surface area contributed by atoms with Crippen LogP contribution in [-0.2, 0) is 16.8 Å². The summed E-state index contributed by atoms with van der Waals surface area (Å²) in [5, 5.41) is 11.4. The van der Waals surface area contributed by atoms with Gasteiger partial charge in [0.2, 0.25) is 5.88 Å². The number of hydrogen-bond donors (Lipinski definition) is 2. The van der Waals surface area contributed by atoms with Gasteiger partial charge in [-0.05, 0) is 29.3 Å². The van der Waals surface area contributed by atoms with Crippen LogP contribution in [0, 0.1) is 0 Å². The molecule has 4 aromatic rings. The van der Waals surface area contributed by atoms with Crippen molar-refractivity contribution in [3.05, 3.63) is 126 Å². The SMILES string of the molecule is NC(=O)C(O)(c1ccccc1)c1ccccc1Cc1cccc(Oc2ccccc2)n1. The van der Waals surface area contributed by atoms with Crippen LogP contribution in [0.2, 0.25) is 0 Å². The molecule has 1 unspecified atom stereocenters. The van der Waals surface area contributed by atoms with E-state index in [0.717, 1.165) is 11.3 Å². The molecule has 0 fully saturated rings. The monoisotopic (exact) mass is 410 g/mol. The number of ether oxygens (including phenoxy) is 1. The summed E-state index contributed by atoms with van der Waals surface area (Å²) in [7, 11) is 0. The summed E-state index contributed by atoms with van der Waals surface area (Å²) in [5.74, 6) is 0.328. The van der Waals surface area contributed by atoms with E-state index >= 15 is 0 Å². The van der Waals surface area contributed by atoms with E-state index in [1.54, 1.807) is 42.5 Å². The first-order valence-corrected chi connectivity index (χ1v) is 9.92. The summed E-state index contributed by atoms with van der Waals surface area (Å²) >= 11 is 0. The Morgan fingerprint density at radius 1 is 0.839 bits per heavy atom. The Morgan fingerprint density at radius 2 is 1.48 bits per heavy atom. The summed E-state index contributed by atoms with van der Waals surface area (Å²) in [5.41, 5.74) is 6.07. The van der Waals surface area contributed by atoms with Gasteiger partial charge in [-0.3, -0.25) is 4.79 Å². The normalized spacial score (nSPS) is 12.7. The highest BCUT2D eigenvalue weighted by atomic mass is 16.5. The van der Waals surface area contributed by atoms with Gasteiger partial charge in [0.05, 0.1) is 0 Å². The van der Waals surface area contributed by atoms with Crippen molar-refractivity contribution in [3.8, 4) is 11.6 Å². The van der Waals surface area contributed by atoms with Crippen LogP contribution >= 0.6 is 0 Å². The Labute approximate surface area is 180 Å². The molecule has 0 spiro atoms. The fraction of sp³-hybridized carbons (Fsp3) is 0.0769. The number of carbonyl (C=O) groups excluding carboxylic acids is 1. The maximum atomic E-state index is 12.4. The number of nitrogens with zero attached hydrogens (tertiary/aromatic N) is 1. The second-order valence-electron chi connectivity index (χ2n) is 7.16. The number of aromatic nitrogens is 1. The quantitative estimate of drug-likeness (QED) is 0.478. The van der Waals surface area contributed by atoms with Crippen molar-refractivity contribution < 1.29 is 14.6 Å². The first-order chi connectivity index (χ1) is 15.1. The molecule has 0 aliphatic carbocycles. The van der Waals surface area contributed by atoms with Crippen molar-refractivity contribution in [2.75, 3.05) is 0 Å². The molecule has 3 N–H and O–H groups in total. The van der Waals surface area contributed by atoms with E-state index in [0.29, 0.717) is 29.2 Å². The van der Waals surface area contributed by atoms with Gasteiger partial charge in [-0.25, -0.2) is 4.98 Å². The fourth-order valence-corrected chi connectivity index (χ4v) is 3.55. The lowest BCUT2D eigenvalue weighted by molar-refractivity contribution is -0.133. The maximum absolute atomic E-state index is 12.4. The minimum absolute atomic E-state index is 0.393. The molecule has 5 heteroatoms. The number of rotatable bonds is 7. The Bertz CT molecular complexity index is 1180. The van der Waals surface area contributed by atoms with E-state index in [1.165, 1.54) is 0 Å². The van der Waals surface area contributed by atoms with Gasteiger partial charge in [0, 0.05) is 23.7 Å². The number of hydrogen-bond acceptors (Lipinski definition) is 4. The van der Waals surface area contributed by atoms with Crippen LogP contribution < -0.4 is 10.5 Å². The minimum atomic E-state index is -1.95. The number of amides is 1. The second kappa shape index (κ2) is 8.81. The van der Waals surface area contributed by atoms with E-state index in [9.17, 15) is 9.90 Å². The zero-order chi connectivity index (χ0) is 21.7. The molecular formula is C26H22N2O3. The van der Waals surface area contributed by atoms with Crippen LogP contribution in [0.1, 0.15) is 22.4 Å². The molecule has 1 aromatic heterocycles. The molecule has 154 valence electrons. The largest absolute Gasteiger partial charge is 0.439 e. The van der Waals surface area contributed by atoms with Gasteiger partial charge in [0.1, 0.15) is 5.75 Å². The summed E-state index contributed by atoms with van der Waals surface area (Å²) in [6, 6.07) is 30.9. The van der Waals surface area contributed by atoms with Crippen LogP contribution in [0.3, 0.4) is 0 Å². The smallest absolute Gasteiger partial charge is 0.258 e. The van der Waals surface area contributed by atoms with Crippen LogP contribution in [-0.4, -0.2) is 16.0 Å². The average molecular weight is 410 g/mol. The number of benzene rings is 3. The van der Waals surface area contributed by atoms with E-state index in [-0.39, 0.29) is 0 Å². The van der Waals surface area contributed by atoms with Crippen molar-refractivity contribution in [3.63, 3.8) is 0 Å². The predicted molar refractivity (Wildman–Crippen MR) is 119 cm³/mol. The van der Waals surface area contributed by atoms with E-state index in [1.807, 2.05) is 60.7 Å². The maximum Gasteiger partial charge on any atom is 0.258 e. The number of pyridine rings is 1. The molecule has 0 bridgehead atoms. The fourth-order valence-electron chi connectivity index (χ4n) is 3.55. The van der Waals surface area contributed by atoms with Gasteiger partial charge in [-0.15, -0.1) is 0 Å². The third-order valence-corrected chi connectivity index (χ3v) is 5.07. The molecule has 1 atom stereocenters. The van der Waals surface area contributed by atoms with Crippen molar-refractivity contribution in [2.45, 2.75) is 12.0 Å². The third-order valence-electron chi connectivity index (χ3n) is 5.07. The molecule has 1 amide bonds. The molecule has 1 heterocycles. The van der Waals surface area contributed by atoms with Crippen LogP contribution in [0.25, 0.3) is 0 Å². The second-order valence-corrected chi connectivity index (χ2v) is 7.16. The van der Waals surface area contributed by atoms with E-state index in [4.69, 9.17) is 10.5 Å². The van der Waals surface area contributed by atoms with Crippen molar-refractivity contribution in [1.29, 1.82) is 0 Å². The third kappa shape index (κ3) is 4.32. The van der Waals surface area contributed by atoms with Gasteiger partial charge in [-0.2, -0.15) is 0 Å². The first-order valence-electron chi connectivity index (χ1n) is 9.92. The standard InChI is InChI=1S/C26H22N2O3/c27-25(29)26(30,20-11-3-1-4-12-20)23-16-8-7-10-19(23)18-21-13-9-17-24(28-21)31-22-14-5-2-6-15-22/h1-17,30H,18H2,(H2,27,29). The average Bonchev–Trinajstić information content (AvgIpc) is 2.80. The Kier molecular flexibility index (Phi) is 5.78. The van der Waals surface area contributed by atoms with Crippen molar-refractivity contribution in [1.82, 2.24) is 4.98 Å². The van der Waals surface area contributed by atoms with E-state index < -0.39 is 11.5 Å². The van der Waals surface area contributed by atoms with Crippen LogP contribution in [0.15, 0.2) is 103 Å². The van der Waals surface area contributed by atoms with Crippen molar-refractivity contribution in [2.24, 2.45) is 5.73 Å². The topological polar surface area (TPSA) is 85.4 Å². The van der Waals surface area contributed by atoms with Gasteiger partial charge >= 0.3 is 0 Å².